The van der Waals surface area contributed by atoms with Gasteiger partial charge in [-0.15, -0.1) is 0 Å². The summed E-state index contributed by atoms with van der Waals surface area (Å²) in [5.41, 5.74) is 5.96. The van der Waals surface area contributed by atoms with E-state index >= 15 is 0 Å². The van der Waals surface area contributed by atoms with Crippen molar-refractivity contribution in [3.63, 3.8) is 0 Å². The van der Waals surface area contributed by atoms with Crippen LogP contribution in [-0.2, 0) is 16.1 Å². The zero-order valence-electron chi connectivity index (χ0n) is 19.3. The second-order valence-electron chi connectivity index (χ2n) is 8.12. The molecule has 0 saturated carbocycles. The minimum absolute atomic E-state index is 0.00327. The second-order valence-corrected chi connectivity index (χ2v) is 8.12. The topological polar surface area (TPSA) is 122 Å². The van der Waals surface area contributed by atoms with E-state index in [9.17, 15) is 24.5 Å². The fourth-order valence-electron chi connectivity index (χ4n) is 3.97. The van der Waals surface area contributed by atoms with E-state index in [2.05, 4.69) is 0 Å². The molecule has 0 bridgehead atoms. The highest BCUT2D eigenvalue weighted by atomic mass is 16.6. The molecule has 174 valence electrons. The lowest BCUT2D eigenvalue weighted by molar-refractivity contribution is -0.384. The molecular formula is C24H26N2O7. The molecule has 0 aliphatic heterocycles. The van der Waals surface area contributed by atoms with Crippen LogP contribution >= 0.6 is 0 Å². The van der Waals surface area contributed by atoms with Crippen LogP contribution in [0.3, 0.4) is 0 Å². The SMILES string of the molecule is Cc1c(C)c(C)c(C(=O)COC(=O)CCCn2c(=O)oc3cc([N+](=O)[O-])ccc32)c(C)c1C. The van der Waals surface area contributed by atoms with E-state index in [0.717, 1.165) is 27.8 Å². The van der Waals surface area contributed by atoms with Crippen LogP contribution < -0.4 is 5.76 Å². The fourth-order valence-corrected chi connectivity index (χ4v) is 3.97. The Labute approximate surface area is 190 Å². The van der Waals surface area contributed by atoms with Crippen molar-refractivity contribution in [3.8, 4) is 0 Å². The van der Waals surface area contributed by atoms with Gasteiger partial charge in [0.25, 0.3) is 5.69 Å². The number of esters is 1. The van der Waals surface area contributed by atoms with Crippen LogP contribution in [0.5, 0.6) is 0 Å². The zero-order chi connectivity index (χ0) is 24.4. The molecule has 0 amide bonds. The van der Waals surface area contributed by atoms with Gasteiger partial charge in [0.1, 0.15) is 0 Å². The smallest absolute Gasteiger partial charge is 0.419 e. The maximum absolute atomic E-state index is 12.8. The van der Waals surface area contributed by atoms with Crippen LogP contribution in [0.25, 0.3) is 11.1 Å². The molecule has 0 saturated heterocycles. The molecule has 0 aliphatic rings. The molecule has 0 unspecified atom stereocenters. The number of ketones is 1. The number of benzene rings is 2. The summed E-state index contributed by atoms with van der Waals surface area (Å²) < 4.78 is 11.6. The normalized spacial score (nSPS) is 11.1. The number of carbonyl (C=O) groups is 2. The number of non-ortho nitro benzene ring substituents is 1. The van der Waals surface area contributed by atoms with Crippen LogP contribution in [0.4, 0.5) is 5.69 Å². The third-order valence-corrected chi connectivity index (χ3v) is 6.27. The quantitative estimate of drug-likeness (QED) is 0.216. The molecule has 2 aromatic carbocycles. The first-order valence-corrected chi connectivity index (χ1v) is 10.6. The number of ether oxygens (including phenoxy) is 1. The monoisotopic (exact) mass is 454 g/mol. The maximum atomic E-state index is 12.8. The van der Waals surface area contributed by atoms with Crippen LogP contribution in [0.2, 0.25) is 0 Å². The Morgan fingerprint density at radius 3 is 2.24 bits per heavy atom. The Balaban J connectivity index is 1.60. The van der Waals surface area contributed by atoms with E-state index < -0.39 is 16.6 Å². The van der Waals surface area contributed by atoms with Gasteiger partial charge in [0.2, 0.25) is 5.78 Å². The number of fused-ring (bicyclic) bond motifs is 1. The maximum Gasteiger partial charge on any atom is 0.419 e. The lowest BCUT2D eigenvalue weighted by atomic mass is 9.88. The minimum atomic E-state index is -0.662. The summed E-state index contributed by atoms with van der Waals surface area (Å²) in [4.78, 5) is 47.3. The molecule has 0 spiro atoms. The van der Waals surface area contributed by atoms with Gasteiger partial charge in [-0.3, -0.25) is 24.3 Å². The highest BCUT2D eigenvalue weighted by molar-refractivity contribution is 6.01. The number of rotatable bonds is 8. The highest BCUT2D eigenvalue weighted by Crippen LogP contribution is 2.26. The Morgan fingerprint density at radius 1 is 1.03 bits per heavy atom. The van der Waals surface area contributed by atoms with E-state index in [0.29, 0.717) is 11.1 Å². The molecule has 1 heterocycles. The first kappa shape index (κ1) is 23.9. The molecule has 0 N–H and O–H groups in total. The summed E-state index contributed by atoms with van der Waals surface area (Å²) in [5, 5.41) is 10.9. The number of nitro benzene ring substituents is 1. The zero-order valence-corrected chi connectivity index (χ0v) is 19.3. The summed E-state index contributed by atoms with van der Waals surface area (Å²) in [5.74, 6) is -1.45. The summed E-state index contributed by atoms with van der Waals surface area (Å²) in [6.45, 7) is 9.58. The Bertz CT molecular complexity index is 1300. The van der Waals surface area contributed by atoms with Gasteiger partial charge < -0.3 is 9.15 Å². The summed E-state index contributed by atoms with van der Waals surface area (Å²) >= 11 is 0. The first-order valence-electron chi connectivity index (χ1n) is 10.6. The number of hydrogen-bond acceptors (Lipinski definition) is 7. The van der Waals surface area contributed by atoms with Crippen molar-refractivity contribution in [2.45, 2.75) is 54.0 Å². The van der Waals surface area contributed by atoms with Crippen molar-refractivity contribution in [3.05, 3.63) is 72.2 Å². The van der Waals surface area contributed by atoms with Gasteiger partial charge in [0.05, 0.1) is 16.5 Å². The average molecular weight is 454 g/mol. The van der Waals surface area contributed by atoms with E-state index in [1.807, 2.05) is 34.6 Å². The van der Waals surface area contributed by atoms with Gasteiger partial charge in [-0.25, -0.2) is 4.79 Å². The third-order valence-electron chi connectivity index (χ3n) is 6.27. The van der Waals surface area contributed by atoms with Crippen LogP contribution in [0.1, 0.15) is 51.0 Å². The van der Waals surface area contributed by atoms with E-state index in [-0.39, 0.29) is 43.0 Å². The Kier molecular flexibility index (Phi) is 6.81. The van der Waals surface area contributed by atoms with Crippen molar-refractivity contribution in [1.82, 2.24) is 4.57 Å². The Morgan fingerprint density at radius 2 is 1.64 bits per heavy atom. The molecule has 0 radical (unpaired) electrons. The number of hydrogen-bond donors (Lipinski definition) is 0. The van der Waals surface area contributed by atoms with Crippen molar-refractivity contribution in [2.24, 2.45) is 0 Å². The van der Waals surface area contributed by atoms with Gasteiger partial charge in [-0.2, -0.15) is 0 Å². The molecule has 0 aliphatic carbocycles. The molecule has 0 atom stereocenters. The molecule has 0 fully saturated rings. The number of nitrogens with zero attached hydrogens (tertiary/aromatic N) is 2. The largest absolute Gasteiger partial charge is 0.457 e. The predicted molar refractivity (Wildman–Crippen MR) is 122 cm³/mol. The molecule has 33 heavy (non-hydrogen) atoms. The van der Waals surface area contributed by atoms with Gasteiger partial charge in [-0.05, 0) is 74.9 Å². The molecular weight excluding hydrogens is 428 g/mol. The lowest BCUT2D eigenvalue weighted by Gasteiger charge is -2.17. The number of carbonyl (C=O) groups excluding carboxylic acids is 2. The van der Waals surface area contributed by atoms with Gasteiger partial charge in [0.15, 0.2) is 12.2 Å². The standard InChI is InChI=1S/C24H26N2O7/c1-13-14(2)16(4)23(17(5)15(13)3)20(27)12-32-22(28)7-6-10-25-19-9-8-18(26(30)31)11-21(19)33-24(25)29/h8-9,11H,6-7,10,12H2,1-5H3. The highest BCUT2D eigenvalue weighted by Gasteiger charge is 2.20. The van der Waals surface area contributed by atoms with Crippen LogP contribution in [0, 0.1) is 44.7 Å². The van der Waals surface area contributed by atoms with E-state index in [1.54, 1.807) is 0 Å². The third kappa shape index (κ3) is 4.72. The fraction of sp³-hybridized carbons (Fsp3) is 0.375. The Hall–Kier alpha value is -3.75. The number of nitro groups is 1. The van der Waals surface area contributed by atoms with Crippen LogP contribution in [0.15, 0.2) is 27.4 Å². The van der Waals surface area contributed by atoms with E-state index in [1.165, 1.54) is 22.8 Å². The molecule has 9 heteroatoms. The number of Topliss-reactive ketones (excluding diaryl/α,β-unsaturated/α-hetero) is 1. The number of aromatic nitrogens is 1. The van der Waals surface area contributed by atoms with Gasteiger partial charge >= 0.3 is 11.7 Å². The molecule has 3 rings (SSSR count). The number of oxazole rings is 1. The summed E-state index contributed by atoms with van der Waals surface area (Å²) in [6.07, 6.45) is 0.280. The first-order chi connectivity index (χ1) is 15.5. The van der Waals surface area contributed by atoms with Gasteiger partial charge in [-0.1, -0.05) is 0 Å². The van der Waals surface area contributed by atoms with Crippen LogP contribution in [-0.4, -0.2) is 27.8 Å². The number of aryl methyl sites for hydroxylation is 1. The average Bonchev–Trinajstić information content (AvgIpc) is 3.09. The van der Waals surface area contributed by atoms with Crippen molar-refractivity contribution >= 4 is 28.5 Å². The lowest BCUT2D eigenvalue weighted by Crippen LogP contribution is -2.19. The van der Waals surface area contributed by atoms with Crippen molar-refractivity contribution in [1.29, 1.82) is 0 Å². The minimum Gasteiger partial charge on any atom is -0.457 e. The van der Waals surface area contributed by atoms with Crippen molar-refractivity contribution in [2.75, 3.05) is 6.61 Å². The van der Waals surface area contributed by atoms with E-state index in [4.69, 9.17) is 9.15 Å². The van der Waals surface area contributed by atoms with Gasteiger partial charge in [0, 0.05) is 24.6 Å². The molecule has 1 aromatic heterocycles. The summed E-state index contributed by atoms with van der Waals surface area (Å²) in [6, 6.07) is 3.91. The molecule has 9 nitrogen and oxygen atoms in total. The molecule has 3 aromatic rings. The summed E-state index contributed by atoms with van der Waals surface area (Å²) in [7, 11) is 0. The second kappa shape index (κ2) is 9.40. The predicted octanol–water partition coefficient (Wildman–Crippen LogP) is 4.25. The van der Waals surface area contributed by atoms with Crippen molar-refractivity contribution < 1.29 is 23.7 Å².